The van der Waals surface area contributed by atoms with E-state index in [4.69, 9.17) is 0 Å². The fraction of sp³-hybridized carbons (Fsp3) is 0.778. The molecule has 0 saturated heterocycles. The van der Waals surface area contributed by atoms with Crippen molar-refractivity contribution < 1.29 is 5.11 Å². The summed E-state index contributed by atoms with van der Waals surface area (Å²) in [6, 6.07) is 4.82. The maximum Gasteiger partial charge on any atom is 0.0583 e. The predicted octanol–water partition coefficient (Wildman–Crippen LogP) is 6.69. The highest BCUT2D eigenvalue weighted by molar-refractivity contribution is 5.47. The first-order chi connectivity index (χ1) is 13.3. The molecule has 156 valence electrons. The van der Waals surface area contributed by atoms with E-state index in [1.54, 1.807) is 16.7 Å². The Morgan fingerprint density at radius 2 is 1.79 bits per heavy atom. The molecule has 0 heterocycles. The standard InChI is InChI=1S/C27H42O/c1-17(2)18(3)6-7-19(4)25-12-13-26-24-10-8-20-16-21(28)9-11-22(20)23(24)14-15-27(25,26)5/h8,10,17-19,21,25-26,28H,6-7,9,11-16H2,1-5H3/t18?,19?,21?,25?,26-,27+/m0/s1. The highest BCUT2D eigenvalue weighted by Crippen LogP contribution is 2.61. The maximum atomic E-state index is 10.1. The summed E-state index contributed by atoms with van der Waals surface area (Å²) in [7, 11) is 0. The van der Waals surface area contributed by atoms with Gasteiger partial charge in [0.2, 0.25) is 0 Å². The zero-order chi connectivity index (χ0) is 20.1. The first-order valence-corrected chi connectivity index (χ1v) is 12.1. The Balaban J connectivity index is 1.54. The van der Waals surface area contributed by atoms with Crippen LogP contribution in [0.2, 0.25) is 0 Å². The lowest BCUT2D eigenvalue weighted by Gasteiger charge is -2.45. The quantitative estimate of drug-likeness (QED) is 0.601. The van der Waals surface area contributed by atoms with Crippen LogP contribution in [-0.4, -0.2) is 11.2 Å². The van der Waals surface area contributed by atoms with Crippen LogP contribution in [0.3, 0.4) is 0 Å². The van der Waals surface area contributed by atoms with Gasteiger partial charge in [0.1, 0.15) is 0 Å². The van der Waals surface area contributed by atoms with Crippen molar-refractivity contribution >= 4 is 0 Å². The molecule has 0 spiro atoms. The predicted molar refractivity (Wildman–Crippen MR) is 119 cm³/mol. The molecule has 0 radical (unpaired) electrons. The van der Waals surface area contributed by atoms with Crippen molar-refractivity contribution in [2.75, 3.05) is 0 Å². The zero-order valence-corrected chi connectivity index (χ0v) is 18.9. The number of fused-ring (bicyclic) bond motifs is 5. The first-order valence-electron chi connectivity index (χ1n) is 12.1. The molecule has 1 fully saturated rings. The molecule has 28 heavy (non-hydrogen) atoms. The molecule has 0 amide bonds. The molecule has 0 aromatic heterocycles. The average Bonchev–Trinajstić information content (AvgIpc) is 3.02. The summed E-state index contributed by atoms with van der Waals surface area (Å²) in [5.74, 6) is 4.17. The van der Waals surface area contributed by atoms with Gasteiger partial charge in [0, 0.05) is 0 Å². The van der Waals surface area contributed by atoms with E-state index >= 15 is 0 Å². The van der Waals surface area contributed by atoms with E-state index in [-0.39, 0.29) is 6.10 Å². The molecular formula is C27H42O. The highest BCUT2D eigenvalue weighted by Gasteiger charge is 2.51. The van der Waals surface area contributed by atoms with Crippen LogP contribution in [-0.2, 0) is 19.3 Å². The van der Waals surface area contributed by atoms with Crippen LogP contribution in [0.1, 0.15) is 101 Å². The molecular weight excluding hydrogens is 340 g/mol. The number of hydrogen-bond acceptors (Lipinski definition) is 1. The fourth-order valence-electron chi connectivity index (χ4n) is 7.07. The minimum Gasteiger partial charge on any atom is -0.393 e. The van der Waals surface area contributed by atoms with Gasteiger partial charge in [-0.2, -0.15) is 0 Å². The molecule has 0 aliphatic heterocycles. The first kappa shape index (κ1) is 20.5. The molecule has 1 N–H and O–H groups in total. The summed E-state index contributed by atoms with van der Waals surface area (Å²) in [4.78, 5) is 0. The second-order valence-corrected chi connectivity index (χ2v) is 11.2. The third-order valence-corrected chi connectivity index (χ3v) is 9.35. The van der Waals surface area contributed by atoms with Gasteiger partial charge in [0.15, 0.2) is 0 Å². The average molecular weight is 383 g/mol. The van der Waals surface area contributed by atoms with Crippen molar-refractivity contribution in [3.05, 3.63) is 34.4 Å². The van der Waals surface area contributed by atoms with Crippen LogP contribution in [0.4, 0.5) is 0 Å². The second kappa shape index (κ2) is 7.78. The summed E-state index contributed by atoms with van der Waals surface area (Å²) >= 11 is 0. The molecule has 1 aromatic carbocycles. The minimum atomic E-state index is -0.121. The summed E-state index contributed by atoms with van der Waals surface area (Å²) in [6.07, 6.45) is 11.1. The van der Waals surface area contributed by atoms with E-state index in [0.717, 1.165) is 48.9 Å². The minimum absolute atomic E-state index is 0.121. The Bertz CT molecular complexity index is 704. The Kier molecular flexibility index (Phi) is 5.69. The van der Waals surface area contributed by atoms with E-state index in [2.05, 4.69) is 46.8 Å². The van der Waals surface area contributed by atoms with E-state index in [1.165, 1.54) is 44.1 Å². The van der Waals surface area contributed by atoms with Crippen molar-refractivity contribution in [2.45, 2.75) is 104 Å². The second-order valence-electron chi connectivity index (χ2n) is 11.2. The van der Waals surface area contributed by atoms with Crippen molar-refractivity contribution in [2.24, 2.45) is 29.1 Å². The molecule has 1 saturated carbocycles. The molecule has 6 atom stereocenters. The molecule has 1 nitrogen and oxygen atoms in total. The number of benzene rings is 1. The van der Waals surface area contributed by atoms with Crippen LogP contribution in [0.5, 0.6) is 0 Å². The summed E-state index contributed by atoms with van der Waals surface area (Å²) in [5.41, 5.74) is 6.93. The van der Waals surface area contributed by atoms with Crippen LogP contribution >= 0.6 is 0 Å². The van der Waals surface area contributed by atoms with Gasteiger partial charge in [-0.15, -0.1) is 0 Å². The third-order valence-electron chi connectivity index (χ3n) is 9.35. The lowest BCUT2D eigenvalue weighted by atomic mass is 9.59. The molecule has 1 heteroatoms. The highest BCUT2D eigenvalue weighted by atomic mass is 16.3. The molecule has 0 bridgehead atoms. The van der Waals surface area contributed by atoms with Crippen LogP contribution in [0, 0.1) is 29.1 Å². The summed E-state index contributed by atoms with van der Waals surface area (Å²) in [5, 5.41) is 10.1. The smallest absolute Gasteiger partial charge is 0.0583 e. The van der Waals surface area contributed by atoms with Crippen molar-refractivity contribution in [3.63, 3.8) is 0 Å². The Labute approximate surface area is 173 Å². The monoisotopic (exact) mass is 382 g/mol. The normalized spacial score (nSPS) is 33.9. The van der Waals surface area contributed by atoms with Gasteiger partial charge in [-0.3, -0.25) is 0 Å². The van der Waals surface area contributed by atoms with Gasteiger partial charge < -0.3 is 5.11 Å². The fourth-order valence-corrected chi connectivity index (χ4v) is 7.07. The van der Waals surface area contributed by atoms with Crippen molar-refractivity contribution in [3.8, 4) is 0 Å². The Morgan fingerprint density at radius 3 is 2.54 bits per heavy atom. The van der Waals surface area contributed by atoms with Gasteiger partial charge in [0.05, 0.1) is 6.10 Å². The van der Waals surface area contributed by atoms with Crippen LogP contribution in [0.25, 0.3) is 0 Å². The van der Waals surface area contributed by atoms with Crippen molar-refractivity contribution in [1.82, 2.24) is 0 Å². The SMILES string of the molecule is CC(C)C(C)CCC(C)C1CC[C@H]2c3ccc4c(c3CC[C@]12C)CCC(O)C4. The van der Waals surface area contributed by atoms with E-state index < -0.39 is 0 Å². The topological polar surface area (TPSA) is 20.2 Å². The van der Waals surface area contributed by atoms with Gasteiger partial charge in [-0.25, -0.2) is 0 Å². The number of rotatable bonds is 5. The van der Waals surface area contributed by atoms with Gasteiger partial charge in [0.25, 0.3) is 0 Å². The van der Waals surface area contributed by atoms with E-state index in [1.807, 2.05) is 0 Å². The van der Waals surface area contributed by atoms with Crippen LogP contribution < -0.4 is 0 Å². The summed E-state index contributed by atoms with van der Waals surface area (Å²) in [6.45, 7) is 12.4. The number of aliphatic hydroxyl groups is 1. The van der Waals surface area contributed by atoms with Gasteiger partial charge in [-0.05, 0) is 102 Å². The lowest BCUT2D eigenvalue weighted by Crippen LogP contribution is -2.36. The summed E-state index contributed by atoms with van der Waals surface area (Å²) < 4.78 is 0. The third kappa shape index (κ3) is 3.47. The number of hydrogen-bond donors (Lipinski definition) is 1. The van der Waals surface area contributed by atoms with Gasteiger partial charge >= 0.3 is 0 Å². The molecule has 1 aromatic rings. The lowest BCUT2D eigenvalue weighted by molar-refractivity contribution is 0.115. The maximum absolute atomic E-state index is 10.1. The Hall–Kier alpha value is -0.820. The van der Waals surface area contributed by atoms with Crippen LogP contribution in [0.15, 0.2) is 12.1 Å². The van der Waals surface area contributed by atoms with E-state index in [9.17, 15) is 5.11 Å². The van der Waals surface area contributed by atoms with Gasteiger partial charge in [-0.1, -0.05) is 59.6 Å². The zero-order valence-electron chi connectivity index (χ0n) is 18.9. The molecule has 4 unspecified atom stereocenters. The molecule has 3 aliphatic rings. The molecule has 4 rings (SSSR count). The van der Waals surface area contributed by atoms with E-state index in [0.29, 0.717) is 5.41 Å². The molecule has 3 aliphatic carbocycles. The number of aliphatic hydroxyl groups excluding tert-OH is 1. The Morgan fingerprint density at radius 1 is 1.00 bits per heavy atom. The largest absolute Gasteiger partial charge is 0.393 e. The van der Waals surface area contributed by atoms with Crippen molar-refractivity contribution in [1.29, 1.82) is 0 Å².